The summed E-state index contributed by atoms with van der Waals surface area (Å²) >= 11 is 0. The minimum Gasteiger partial charge on any atom is -0.390 e. The Morgan fingerprint density at radius 2 is 2.15 bits per heavy atom. The molecule has 1 heterocycles. The molecule has 0 fully saturated rings. The molecule has 110 valence electrons. The lowest BCUT2D eigenvalue weighted by molar-refractivity contribution is 0.159. The van der Waals surface area contributed by atoms with Crippen LogP contribution in [0.4, 0.5) is 5.69 Å². The zero-order valence-corrected chi connectivity index (χ0v) is 12.2. The van der Waals surface area contributed by atoms with E-state index in [-0.39, 0.29) is 11.4 Å². The van der Waals surface area contributed by atoms with Crippen molar-refractivity contribution in [1.82, 2.24) is 9.62 Å². The smallest absolute Gasteiger partial charge is 0.267 e. The maximum Gasteiger partial charge on any atom is 0.267 e. The van der Waals surface area contributed by atoms with E-state index in [9.17, 15) is 13.5 Å². The largest absolute Gasteiger partial charge is 0.390 e. The summed E-state index contributed by atoms with van der Waals surface area (Å²) in [7, 11) is -3.61. The minimum atomic E-state index is -3.61. The van der Waals surface area contributed by atoms with E-state index in [0.717, 1.165) is 17.3 Å². The molecule has 0 spiro atoms. The molecule has 0 aliphatic carbocycles. The summed E-state index contributed by atoms with van der Waals surface area (Å²) in [6.07, 6.45) is 1.46. The molecule has 2 rings (SSSR count). The van der Waals surface area contributed by atoms with Crippen molar-refractivity contribution >= 4 is 22.0 Å². The van der Waals surface area contributed by atoms with E-state index < -0.39 is 16.1 Å². The van der Waals surface area contributed by atoms with E-state index in [0.29, 0.717) is 12.2 Å². The number of aliphatic imine (C=N–C) groups is 1. The summed E-state index contributed by atoms with van der Waals surface area (Å²) < 4.78 is 25.8. The van der Waals surface area contributed by atoms with Crippen molar-refractivity contribution in [2.45, 2.75) is 24.3 Å². The normalized spacial score (nSPS) is 17.8. The third kappa shape index (κ3) is 3.17. The molecular formula is C13H19N3O3S. The Balaban J connectivity index is 2.08. The lowest BCUT2D eigenvalue weighted by Crippen LogP contribution is -2.41. The summed E-state index contributed by atoms with van der Waals surface area (Å²) in [5.74, 6) is 0. The second-order valence-electron chi connectivity index (χ2n) is 4.64. The molecule has 2 N–H and O–H groups in total. The van der Waals surface area contributed by atoms with Crippen molar-refractivity contribution in [2.75, 3.05) is 19.6 Å². The average Bonchev–Trinajstić information content (AvgIpc) is 2.43. The van der Waals surface area contributed by atoms with Crippen LogP contribution in [0.5, 0.6) is 0 Å². The highest BCUT2D eigenvalue weighted by Crippen LogP contribution is 2.29. The van der Waals surface area contributed by atoms with Gasteiger partial charge in [-0.2, -0.15) is 0 Å². The first-order valence-electron chi connectivity index (χ1n) is 6.59. The number of aliphatic hydroxyl groups is 1. The Labute approximate surface area is 119 Å². The number of aliphatic hydroxyl groups excluding tert-OH is 1. The molecule has 1 aliphatic rings. The number of sulfonamides is 1. The number of hydrogen-bond acceptors (Lipinski definition) is 5. The third-order valence-electron chi connectivity index (χ3n) is 2.97. The Kier molecular flexibility index (Phi) is 4.74. The van der Waals surface area contributed by atoms with Gasteiger partial charge in [-0.1, -0.05) is 19.1 Å². The van der Waals surface area contributed by atoms with Crippen LogP contribution in [0.15, 0.2) is 34.2 Å². The van der Waals surface area contributed by atoms with Gasteiger partial charge >= 0.3 is 0 Å². The summed E-state index contributed by atoms with van der Waals surface area (Å²) in [6.45, 7) is 3.17. The van der Waals surface area contributed by atoms with Gasteiger partial charge in [0.05, 0.1) is 18.3 Å². The predicted molar refractivity (Wildman–Crippen MR) is 77.7 cm³/mol. The van der Waals surface area contributed by atoms with Crippen molar-refractivity contribution < 1.29 is 13.5 Å². The first-order chi connectivity index (χ1) is 9.55. The van der Waals surface area contributed by atoms with Crippen molar-refractivity contribution in [3.63, 3.8) is 0 Å². The SMILES string of the molecule is CCCNCC(O)CN1C=Nc2ccccc2S1(=O)=O. The second kappa shape index (κ2) is 6.34. The van der Waals surface area contributed by atoms with Crippen LogP contribution in [0.3, 0.4) is 0 Å². The van der Waals surface area contributed by atoms with Crippen LogP contribution in [0, 0.1) is 0 Å². The van der Waals surface area contributed by atoms with Crippen LogP contribution in [0.25, 0.3) is 0 Å². The van der Waals surface area contributed by atoms with Gasteiger partial charge in [0.1, 0.15) is 11.2 Å². The molecule has 1 unspecified atom stereocenters. The standard InChI is InChI=1S/C13H19N3O3S/c1-2-7-14-8-11(17)9-16-10-15-12-5-3-4-6-13(12)20(16,18)19/h3-6,10-11,14,17H,2,7-9H2,1H3. The number of nitrogens with one attached hydrogen (secondary N) is 1. The molecule has 0 radical (unpaired) electrons. The summed E-state index contributed by atoms with van der Waals surface area (Å²) in [4.78, 5) is 4.29. The average molecular weight is 297 g/mol. The number of hydrogen-bond donors (Lipinski definition) is 2. The number of nitrogens with zero attached hydrogens (tertiary/aromatic N) is 2. The van der Waals surface area contributed by atoms with E-state index in [1.54, 1.807) is 18.2 Å². The van der Waals surface area contributed by atoms with E-state index in [4.69, 9.17) is 0 Å². The highest BCUT2D eigenvalue weighted by molar-refractivity contribution is 7.89. The fourth-order valence-corrected chi connectivity index (χ4v) is 3.39. The predicted octanol–water partition coefficient (Wildman–Crippen LogP) is 0.711. The first-order valence-corrected chi connectivity index (χ1v) is 8.03. The number of benzene rings is 1. The molecule has 1 aromatic rings. The van der Waals surface area contributed by atoms with Crippen LogP contribution in [-0.4, -0.2) is 49.9 Å². The summed E-state index contributed by atoms with van der Waals surface area (Å²) in [5.41, 5.74) is 0.433. The Morgan fingerprint density at radius 3 is 2.90 bits per heavy atom. The molecule has 0 aromatic heterocycles. The Morgan fingerprint density at radius 1 is 1.40 bits per heavy atom. The van der Waals surface area contributed by atoms with Gasteiger partial charge in [-0.25, -0.2) is 13.4 Å². The molecule has 1 atom stereocenters. The quantitative estimate of drug-likeness (QED) is 0.758. The molecule has 0 saturated heterocycles. The molecule has 1 aromatic carbocycles. The number of rotatable bonds is 6. The van der Waals surface area contributed by atoms with Crippen LogP contribution < -0.4 is 5.32 Å². The van der Waals surface area contributed by atoms with Gasteiger partial charge in [-0.15, -0.1) is 0 Å². The molecule has 1 aliphatic heterocycles. The van der Waals surface area contributed by atoms with E-state index in [1.807, 2.05) is 6.92 Å². The Hall–Kier alpha value is -1.44. The van der Waals surface area contributed by atoms with Crippen molar-refractivity contribution in [2.24, 2.45) is 4.99 Å². The number of fused-ring (bicyclic) bond motifs is 1. The monoisotopic (exact) mass is 297 g/mol. The third-order valence-corrected chi connectivity index (χ3v) is 4.74. The highest BCUT2D eigenvalue weighted by atomic mass is 32.2. The van der Waals surface area contributed by atoms with Crippen LogP contribution in [0.2, 0.25) is 0 Å². The zero-order chi connectivity index (χ0) is 14.6. The van der Waals surface area contributed by atoms with Crippen molar-refractivity contribution in [1.29, 1.82) is 0 Å². The van der Waals surface area contributed by atoms with Crippen LogP contribution in [-0.2, 0) is 10.0 Å². The van der Waals surface area contributed by atoms with Gasteiger partial charge in [0.15, 0.2) is 0 Å². The van der Waals surface area contributed by atoms with Crippen molar-refractivity contribution in [3.8, 4) is 0 Å². The maximum atomic E-state index is 12.4. The zero-order valence-electron chi connectivity index (χ0n) is 11.4. The molecule has 0 saturated carbocycles. The van der Waals surface area contributed by atoms with Crippen LogP contribution in [0.1, 0.15) is 13.3 Å². The van der Waals surface area contributed by atoms with Gasteiger partial charge in [0.25, 0.3) is 10.0 Å². The fourth-order valence-electron chi connectivity index (χ4n) is 1.96. The maximum absolute atomic E-state index is 12.4. The molecule has 20 heavy (non-hydrogen) atoms. The molecular weight excluding hydrogens is 278 g/mol. The highest BCUT2D eigenvalue weighted by Gasteiger charge is 2.29. The first kappa shape index (κ1) is 15.0. The second-order valence-corrected chi connectivity index (χ2v) is 6.50. The molecule has 0 amide bonds. The van der Waals surface area contributed by atoms with Gasteiger partial charge in [0.2, 0.25) is 0 Å². The van der Waals surface area contributed by atoms with E-state index >= 15 is 0 Å². The lowest BCUT2D eigenvalue weighted by atomic mass is 10.3. The topological polar surface area (TPSA) is 82.0 Å². The summed E-state index contributed by atoms with van der Waals surface area (Å²) in [5, 5.41) is 12.9. The van der Waals surface area contributed by atoms with Crippen LogP contribution >= 0.6 is 0 Å². The van der Waals surface area contributed by atoms with Gasteiger partial charge < -0.3 is 10.4 Å². The Bertz CT molecular complexity index is 586. The molecule has 6 nitrogen and oxygen atoms in total. The van der Waals surface area contributed by atoms with Crippen molar-refractivity contribution in [3.05, 3.63) is 24.3 Å². The van der Waals surface area contributed by atoms with E-state index in [1.165, 1.54) is 12.4 Å². The minimum absolute atomic E-state index is 0.00309. The van der Waals surface area contributed by atoms with Gasteiger partial charge in [-0.3, -0.25) is 4.31 Å². The fraction of sp³-hybridized carbons (Fsp3) is 0.462. The van der Waals surface area contributed by atoms with Gasteiger partial charge in [0, 0.05) is 6.54 Å². The number of β-amino-alcohol motifs (C(OH)–C–C–N with tert-alkyl or cyclic N) is 1. The lowest BCUT2D eigenvalue weighted by Gasteiger charge is -2.26. The van der Waals surface area contributed by atoms with E-state index in [2.05, 4.69) is 10.3 Å². The summed E-state index contributed by atoms with van der Waals surface area (Å²) in [6, 6.07) is 6.58. The molecule has 7 heteroatoms. The van der Waals surface area contributed by atoms with Gasteiger partial charge in [-0.05, 0) is 25.1 Å². The molecule has 0 bridgehead atoms. The number of para-hydroxylation sites is 1.